The van der Waals surface area contributed by atoms with E-state index in [0.29, 0.717) is 19.4 Å². The van der Waals surface area contributed by atoms with Crippen molar-refractivity contribution in [2.75, 3.05) is 81.9 Å². The Morgan fingerprint density at radius 2 is 0.957 bits per heavy atom. The predicted molar refractivity (Wildman–Crippen MR) is 276 cm³/mol. The van der Waals surface area contributed by atoms with Crippen LogP contribution in [0.3, 0.4) is 0 Å². The molecule has 0 radical (unpaired) electrons. The Morgan fingerprint density at radius 3 is 1.31 bits per heavy atom. The van der Waals surface area contributed by atoms with Gasteiger partial charge in [0.05, 0.1) is 18.4 Å². The van der Waals surface area contributed by atoms with Crippen LogP contribution in [-0.4, -0.2) is 143 Å². The molecule has 2 aromatic carbocycles. The number of carbonyl (C=O) groups is 4. The molecule has 6 fully saturated rings. The van der Waals surface area contributed by atoms with Crippen molar-refractivity contribution >= 4 is 58.7 Å². The number of esters is 1. The molecule has 6 aliphatic heterocycles. The minimum absolute atomic E-state index is 0.00383. The van der Waals surface area contributed by atoms with Crippen LogP contribution in [0.15, 0.2) is 36.4 Å². The summed E-state index contributed by atoms with van der Waals surface area (Å²) >= 11 is 13.1. The third kappa shape index (κ3) is 13.9. The highest BCUT2D eigenvalue weighted by molar-refractivity contribution is 6.31. The molecular formula is C54H80Cl2N6O8. The first kappa shape index (κ1) is 53.8. The number of nitrogens with zero attached hydrogens (tertiary/aromatic N) is 6. The molecule has 2 aromatic rings. The van der Waals surface area contributed by atoms with Crippen molar-refractivity contribution in [3.63, 3.8) is 0 Å². The summed E-state index contributed by atoms with van der Waals surface area (Å²) in [6.45, 7) is 23.6. The fourth-order valence-corrected chi connectivity index (χ4v) is 12.3. The van der Waals surface area contributed by atoms with Gasteiger partial charge in [-0.1, -0.05) is 23.2 Å². The predicted octanol–water partition coefficient (Wildman–Crippen LogP) is 10.5. The van der Waals surface area contributed by atoms with Gasteiger partial charge in [0.15, 0.2) is 0 Å². The minimum Gasteiger partial charge on any atom is -0.481 e. The largest absolute Gasteiger partial charge is 0.481 e. The van der Waals surface area contributed by atoms with Crippen molar-refractivity contribution in [2.24, 2.45) is 11.8 Å². The van der Waals surface area contributed by atoms with Crippen LogP contribution in [0.4, 0.5) is 21.0 Å². The Labute approximate surface area is 427 Å². The first-order valence-corrected chi connectivity index (χ1v) is 26.8. The van der Waals surface area contributed by atoms with Gasteiger partial charge in [-0.05, 0) is 186 Å². The number of carbonyl (C=O) groups excluding carboxylic acids is 3. The standard InChI is InChI=1S/C28H42ClN3O4.C26H38ClN3O4/c1-5-35-25(33)22-7-13-30(14-8-22)24-18-21(17-23(29)19-24)20-32-12-6-9-28(32)10-15-31(16-11-28)26(34)36-27(2,3)4;1-25(2,3)34-24(33)29-13-8-26(9-14-29)7-4-10-30(26)18-19-15-21(27)17-22(16-19)28-11-5-20(6-12-28)23(31)32/h17-19,22H,5-16,20H2,1-4H3;15-17,20H,4-14,18H2,1-3H3,(H,31,32). The van der Waals surface area contributed by atoms with Gasteiger partial charge in [0, 0.05) is 97.9 Å². The highest BCUT2D eigenvalue weighted by Crippen LogP contribution is 2.42. The van der Waals surface area contributed by atoms with Crippen LogP contribution < -0.4 is 9.80 Å². The number of amides is 2. The molecule has 6 heterocycles. The Bertz CT molecular complexity index is 2130. The third-order valence-corrected chi connectivity index (χ3v) is 15.9. The fourth-order valence-electron chi connectivity index (χ4n) is 11.8. The van der Waals surface area contributed by atoms with Gasteiger partial charge < -0.3 is 38.9 Å². The monoisotopic (exact) mass is 1010 g/mol. The number of ether oxygens (including phenoxy) is 3. The van der Waals surface area contributed by atoms with Crippen molar-refractivity contribution in [1.82, 2.24) is 19.6 Å². The van der Waals surface area contributed by atoms with Crippen LogP contribution >= 0.6 is 23.2 Å². The molecule has 0 saturated carbocycles. The van der Waals surface area contributed by atoms with E-state index in [2.05, 4.69) is 43.9 Å². The molecule has 16 heteroatoms. The van der Waals surface area contributed by atoms with Crippen molar-refractivity contribution in [3.8, 4) is 0 Å². The van der Waals surface area contributed by atoms with Gasteiger partial charge in [0.25, 0.3) is 0 Å². The molecule has 6 saturated heterocycles. The maximum absolute atomic E-state index is 12.6. The van der Waals surface area contributed by atoms with Crippen LogP contribution in [0.5, 0.6) is 0 Å². The van der Waals surface area contributed by atoms with E-state index in [4.69, 9.17) is 37.4 Å². The second kappa shape index (κ2) is 22.8. The zero-order chi connectivity index (χ0) is 50.4. The number of aliphatic carboxylic acids is 1. The molecule has 0 aliphatic carbocycles. The number of hydrogen-bond acceptors (Lipinski definition) is 11. The Kier molecular flexibility index (Phi) is 17.6. The van der Waals surface area contributed by atoms with E-state index in [1.807, 2.05) is 70.4 Å². The van der Waals surface area contributed by atoms with Gasteiger partial charge in [-0.15, -0.1) is 0 Å². The number of likely N-dealkylation sites (tertiary alicyclic amines) is 4. The zero-order valence-corrected chi connectivity index (χ0v) is 44.6. The number of piperidine rings is 4. The molecule has 1 N–H and O–H groups in total. The van der Waals surface area contributed by atoms with Crippen LogP contribution in [0.2, 0.25) is 10.0 Å². The van der Waals surface area contributed by atoms with E-state index >= 15 is 0 Å². The second-order valence-electron chi connectivity index (χ2n) is 22.7. The lowest BCUT2D eigenvalue weighted by molar-refractivity contribution is -0.148. The highest BCUT2D eigenvalue weighted by atomic mass is 35.5. The summed E-state index contributed by atoms with van der Waals surface area (Å²) in [5, 5.41) is 10.8. The molecule has 0 unspecified atom stereocenters. The maximum atomic E-state index is 12.6. The Morgan fingerprint density at radius 1 is 0.571 bits per heavy atom. The van der Waals surface area contributed by atoms with Gasteiger partial charge in [0.1, 0.15) is 11.2 Å². The molecule has 14 nitrogen and oxygen atoms in total. The molecule has 0 bridgehead atoms. The lowest BCUT2D eigenvalue weighted by atomic mass is 9.85. The second-order valence-corrected chi connectivity index (χ2v) is 23.6. The molecule has 388 valence electrons. The number of hydrogen-bond donors (Lipinski definition) is 1. The number of carboxylic acids is 1. The topological polar surface area (TPSA) is 136 Å². The first-order chi connectivity index (χ1) is 33.1. The quantitative estimate of drug-likeness (QED) is 0.189. The molecular weight excluding hydrogens is 932 g/mol. The van der Waals surface area contributed by atoms with E-state index < -0.39 is 17.2 Å². The molecule has 8 rings (SSSR count). The number of anilines is 2. The smallest absolute Gasteiger partial charge is 0.410 e. The summed E-state index contributed by atoms with van der Waals surface area (Å²) < 4.78 is 16.4. The molecule has 2 amide bonds. The number of benzene rings is 2. The maximum Gasteiger partial charge on any atom is 0.410 e. The van der Waals surface area contributed by atoms with Gasteiger partial charge in [-0.3, -0.25) is 19.4 Å². The average Bonchev–Trinajstić information content (AvgIpc) is 3.87. The zero-order valence-electron chi connectivity index (χ0n) is 43.0. The van der Waals surface area contributed by atoms with E-state index in [1.54, 1.807) is 0 Å². The first-order valence-electron chi connectivity index (χ1n) is 26.1. The van der Waals surface area contributed by atoms with E-state index in [0.717, 1.165) is 145 Å². The Hall–Kier alpha value is -3.98. The van der Waals surface area contributed by atoms with Gasteiger partial charge in [0.2, 0.25) is 0 Å². The molecule has 6 aliphatic rings. The summed E-state index contributed by atoms with van der Waals surface area (Å²) in [6.07, 6.45) is 11.1. The lowest BCUT2D eigenvalue weighted by Crippen LogP contribution is -2.53. The third-order valence-electron chi connectivity index (χ3n) is 15.5. The van der Waals surface area contributed by atoms with E-state index in [1.165, 1.54) is 30.4 Å². The van der Waals surface area contributed by atoms with Gasteiger partial charge in [-0.25, -0.2) is 9.59 Å². The summed E-state index contributed by atoms with van der Waals surface area (Å²) in [7, 11) is 0. The average molecular weight is 1010 g/mol. The summed E-state index contributed by atoms with van der Waals surface area (Å²) in [5.41, 5.74) is 3.95. The molecule has 2 spiro atoms. The molecule has 0 aromatic heterocycles. The number of rotatable bonds is 9. The normalized spacial score (nSPS) is 21.4. The summed E-state index contributed by atoms with van der Waals surface area (Å²) in [5.74, 6) is -1.01. The van der Waals surface area contributed by atoms with Crippen LogP contribution in [0.25, 0.3) is 0 Å². The summed E-state index contributed by atoms with van der Waals surface area (Å²) in [6, 6.07) is 12.6. The molecule has 70 heavy (non-hydrogen) atoms. The van der Waals surface area contributed by atoms with Crippen molar-refractivity contribution in [3.05, 3.63) is 57.6 Å². The van der Waals surface area contributed by atoms with E-state index in [-0.39, 0.29) is 41.1 Å². The minimum atomic E-state index is -0.691. The van der Waals surface area contributed by atoms with Crippen LogP contribution in [-0.2, 0) is 36.9 Å². The Balaban J connectivity index is 0.000000207. The van der Waals surface area contributed by atoms with Crippen LogP contribution in [0.1, 0.15) is 137 Å². The van der Waals surface area contributed by atoms with Gasteiger partial charge >= 0.3 is 24.1 Å². The van der Waals surface area contributed by atoms with Crippen LogP contribution in [0, 0.1) is 11.8 Å². The fraction of sp³-hybridized carbons (Fsp3) is 0.704. The van der Waals surface area contributed by atoms with Gasteiger partial charge in [-0.2, -0.15) is 0 Å². The number of carboxylic acid groups (broad SMARTS) is 1. The molecule has 0 atom stereocenters. The highest BCUT2D eigenvalue weighted by Gasteiger charge is 2.46. The van der Waals surface area contributed by atoms with Crippen molar-refractivity contribution in [1.29, 1.82) is 0 Å². The van der Waals surface area contributed by atoms with E-state index in [9.17, 15) is 24.3 Å². The SMILES string of the molecule is CC(C)(C)OC(=O)N1CCC2(CCCN2Cc2cc(Cl)cc(N3CCC(C(=O)O)CC3)c2)CC1.CCOC(=O)C1CCN(c2cc(Cl)cc(CN3CCCC34CCN(C(=O)OC(C)(C)C)CC4)c2)CC1. The summed E-state index contributed by atoms with van der Waals surface area (Å²) in [4.78, 5) is 62.0. The van der Waals surface area contributed by atoms with Crippen molar-refractivity contribution in [2.45, 2.75) is 161 Å². The lowest BCUT2D eigenvalue weighted by Gasteiger charge is -2.45. The van der Waals surface area contributed by atoms with Crippen molar-refractivity contribution < 1.29 is 38.5 Å². The number of halogens is 2.